The SMILES string of the molecule is C=C(Cl)CSc1nnc(CCOC)n1N. The minimum Gasteiger partial charge on any atom is -0.384 e. The Bertz CT molecular complexity index is 341. The van der Waals surface area contributed by atoms with Gasteiger partial charge in [0.2, 0.25) is 5.16 Å². The number of ether oxygens (including phenoxy) is 1. The lowest BCUT2D eigenvalue weighted by atomic mass is 10.4. The molecule has 15 heavy (non-hydrogen) atoms. The molecule has 0 radical (unpaired) electrons. The van der Waals surface area contributed by atoms with Gasteiger partial charge in [0, 0.05) is 24.3 Å². The smallest absolute Gasteiger partial charge is 0.210 e. The van der Waals surface area contributed by atoms with Gasteiger partial charge in [-0.1, -0.05) is 29.9 Å². The van der Waals surface area contributed by atoms with Crippen molar-refractivity contribution in [3.8, 4) is 0 Å². The topological polar surface area (TPSA) is 66.0 Å². The van der Waals surface area contributed by atoms with Crippen LogP contribution in [-0.4, -0.2) is 34.3 Å². The van der Waals surface area contributed by atoms with Crippen LogP contribution in [0.4, 0.5) is 0 Å². The average Bonchev–Trinajstić information content (AvgIpc) is 2.54. The standard InChI is InChI=1S/C8H13ClN4OS/c1-6(9)5-15-8-12-11-7(13(8)10)3-4-14-2/h1,3-5,10H2,2H3. The minimum atomic E-state index is 0.557. The van der Waals surface area contributed by atoms with Crippen molar-refractivity contribution in [3.05, 3.63) is 17.4 Å². The van der Waals surface area contributed by atoms with E-state index < -0.39 is 0 Å². The van der Waals surface area contributed by atoms with Gasteiger partial charge >= 0.3 is 0 Å². The summed E-state index contributed by atoms with van der Waals surface area (Å²) in [5.74, 6) is 7.04. The molecule has 0 fully saturated rings. The first kappa shape index (κ1) is 12.4. The summed E-state index contributed by atoms with van der Waals surface area (Å²) in [5, 5.41) is 9.07. The van der Waals surface area contributed by atoms with Crippen LogP contribution in [0.1, 0.15) is 5.82 Å². The largest absolute Gasteiger partial charge is 0.384 e. The molecule has 0 spiro atoms. The molecular weight excluding hydrogens is 236 g/mol. The monoisotopic (exact) mass is 248 g/mol. The van der Waals surface area contributed by atoms with Crippen molar-refractivity contribution < 1.29 is 4.74 Å². The van der Waals surface area contributed by atoms with Crippen LogP contribution < -0.4 is 5.84 Å². The van der Waals surface area contributed by atoms with Crippen molar-refractivity contribution in [2.45, 2.75) is 11.6 Å². The molecule has 0 saturated carbocycles. The molecule has 0 aromatic carbocycles. The van der Waals surface area contributed by atoms with Gasteiger partial charge in [0.1, 0.15) is 0 Å². The molecule has 5 nitrogen and oxygen atoms in total. The molecule has 2 N–H and O–H groups in total. The van der Waals surface area contributed by atoms with Crippen molar-refractivity contribution in [2.24, 2.45) is 0 Å². The molecule has 0 aliphatic carbocycles. The Morgan fingerprint density at radius 1 is 1.67 bits per heavy atom. The Labute approximate surface area is 97.6 Å². The zero-order valence-corrected chi connectivity index (χ0v) is 10.0. The third-order valence-corrected chi connectivity index (χ3v) is 2.94. The number of methoxy groups -OCH3 is 1. The summed E-state index contributed by atoms with van der Waals surface area (Å²) in [7, 11) is 1.63. The molecule has 0 unspecified atom stereocenters. The Morgan fingerprint density at radius 3 is 3.00 bits per heavy atom. The van der Waals surface area contributed by atoms with E-state index in [9.17, 15) is 0 Å². The average molecular weight is 249 g/mol. The van der Waals surface area contributed by atoms with Crippen LogP contribution in [-0.2, 0) is 11.2 Å². The molecular formula is C8H13ClN4OS. The van der Waals surface area contributed by atoms with Gasteiger partial charge in [0.15, 0.2) is 5.82 Å². The number of hydrogen-bond donors (Lipinski definition) is 1. The van der Waals surface area contributed by atoms with Gasteiger partial charge in [-0.2, -0.15) is 0 Å². The lowest BCUT2D eigenvalue weighted by molar-refractivity contribution is 0.200. The van der Waals surface area contributed by atoms with Gasteiger partial charge in [0.05, 0.1) is 6.61 Å². The maximum Gasteiger partial charge on any atom is 0.210 e. The number of aromatic nitrogens is 3. The van der Waals surface area contributed by atoms with E-state index >= 15 is 0 Å². The van der Waals surface area contributed by atoms with Gasteiger partial charge in [-0.25, -0.2) is 4.68 Å². The van der Waals surface area contributed by atoms with Gasteiger partial charge in [-0.05, 0) is 0 Å². The number of hydrogen-bond acceptors (Lipinski definition) is 5. The Hall–Kier alpha value is -0.720. The van der Waals surface area contributed by atoms with E-state index in [0.717, 1.165) is 0 Å². The van der Waals surface area contributed by atoms with Crippen LogP contribution in [0.3, 0.4) is 0 Å². The molecule has 0 bridgehead atoms. The first-order chi connectivity index (χ1) is 7.15. The van der Waals surface area contributed by atoms with E-state index in [0.29, 0.717) is 34.8 Å². The number of thioether (sulfide) groups is 1. The molecule has 1 heterocycles. The number of nitrogens with two attached hydrogens (primary N) is 1. The van der Waals surface area contributed by atoms with Crippen molar-refractivity contribution in [2.75, 3.05) is 25.3 Å². The highest BCUT2D eigenvalue weighted by Crippen LogP contribution is 2.18. The summed E-state index contributed by atoms with van der Waals surface area (Å²) < 4.78 is 6.38. The molecule has 0 atom stereocenters. The van der Waals surface area contributed by atoms with E-state index in [1.165, 1.54) is 16.4 Å². The third-order valence-electron chi connectivity index (χ3n) is 1.62. The summed E-state index contributed by atoms with van der Waals surface area (Å²) in [6.07, 6.45) is 0.641. The van der Waals surface area contributed by atoms with Crippen LogP contribution in [0.15, 0.2) is 16.8 Å². The normalized spacial score (nSPS) is 10.5. The van der Waals surface area contributed by atoms with Crippen LogP contribution in [0.5, 0.6) is 0 Å². The van der Waals surface area contributed by atoms with Gasteiger partial charge in [-0.3, -0.25) is 0 Å². The van der Waals surface area contributed by atoms with E-state index in [1.807, 2.05) is 0 Å². The van der Waals surface area contributed by atoms with Crippen molar-refractivity contribution >= 4 is 23.4 Å². The van der Waals surface area contributed by atoms with Crippen molar-refractivity contribution in [3.63, 3.8) is 0 Å². The molecule has 1 aromatic heterocycles. The maximum atomic E-state index is 5.77. The van der Waals surface area contributed by atoms with Gasteiger partial charge < -0.3 is 10.6 Å². The molecule has 1 rings (SSSR count). The minimum absolute atomic E-state index is 0.557. The number of halogens is 1. The second-order valence-corrected chi connectivity index (χ2v) is 4.29. The Balaban J connectivity index is 2.58. The fourth-order valence-corrected chi connectivity index (χ4v) is 1.70. The molecule has 0 aliphatic heterocycles. The lowest BCUT2D eigenvalue weighted by Crippen LogP contribution is -2.15. The molecule has 7 heteroatoms. The second-order valence-electron chi connectivity index (χ2n) is 2.82. The molecule has 84 valence electrons. The number of nitrogens with zero attached hydrogens (tertiary/aromatic N) is 3. The first-order valence-corrected chi connectivity index (χ1v) is 5.66. The predicted molar refractivity (Wildman–Crippen MR) is 61.5 cm³/mol. The van der Waals surface area contributed by atoms with E-state index in [2.05, 4.69) is 16.8 Å². The summed E-state index contributed by atoms with van der Waals surface area (Å²) >= 11 is 7.04. The van der Waals surface area contributed by atoms with E-state index in [-0.39, 0.29) is 0 Å². The van der Waals surface area contributed by atoms with E-state index in [1.54, 1.807) is 7.11 Å². The molecule has 0 amide bonds. The number of rotatable bonds is 6. The summed E-state index contributed by atoms with van der Waals surface area (Å²) in [4.78, 5) is 0. The van der Waals surface area contributed by atoms with Gasteiger partial charge in [0.25, 0.3) is 0 Å². The highest BCUT2D eigenvalue weighted by atomic mass is 35.5. The van der Waals surface area contributed by atoms with Crippen molar-refractivity contribution in [1.82, 2.24) is 14.9 Å². The zero-order chi connectivity index (χ0) is 11.3. The molecule has 0 aliphatic rings. The second kappa shape index (κ2) is 5.99. The summed E-state index contributed by atoms with van der Waals surface area (Å²) in [6.45, 7) is 4.15. The lowest BCUT2D eigenvalue weighted by Gasteiger charge is -2.02. The fourth-order valence-electron chi connectivity index (χ4n) is 0.912. The highest BCUT2D eigenvalue weighted by molar-refractivity contribution is 7.99. The summed E-state index contributed by atoms with van der Waals surface area (Å²) in [6, 6.07) is 0. The molecule has 0 saturated heterocycles. The van der Waals surface area contributed by atoms with Crippen LogP contribution in [0.2, 0.25) is 0 Å². The number of nitrogen functional groups attached to an aromatic ring is 1. The Morgan fingerprint density at radius 2 is 2.40 bits per heavy atom. The zero-order valence-electron chi connectivity index (χ0n) is 8.44. The third kappa shape index (κ3) is 3.73. The van der Waals surface area contributed by atoms with Crippen molar-refractivity contribution in [1.29, 1.82) is 0 Å². The Kier molecular flexibility index (Phi) is 4.93. The first-order valence-electron chi connectivity index (χ1n) is 4.29. The fraction of sp³-hybridized carbons (Fsp3) is 0.500. The van der Waals surface area contributed by atoms with Crippen LogP contribution >= 0.6 is 23.4 Å². The molecule has 1 aromatic rings. The van der Waals surface area contributed by atoms with Crippen LogP contribution in [0.25, 0.3) is 0 Å². The maximum absolute atomic E-state index is 5.77. The predicted octanol–water partition coefficient (Wildman–Crippen LogP) is 1.03. The highest BCUT2D eigenvalue weighted by Gasteiger charge is 2.09. The van der Waals surface area contributed by atoms with Gasteiger partial charge in [-0.15, -0.1) is 10.2 Å². The summed E-state index contributed by atoms with van der Waals surface area (Å²) in [5.41, 5.74) is 0. The van der Waals surface area contributed by atoms with E-state index in [4.69, 9.17) is 22.2 Å². The van der Waals surface area contributed by atoms with Crippen LogP contribution in [0, 0.1) is 0 Å². The quantitative estimate of drug-likeness (QED) is 0.602.